The number of carbonyl (C=O) groups is 2. The average Bonchev–Trinajstić information content (AvgIpc) is 2.64. The summed E-state index contributed by atoms with van der Waals surface area (Å²) in [6.07, 6.45) is 1.55. The van der Waals surface area contributed by atoms with E-state index in [1.807, 2.05) is 4.90 Å². The molecule has 0 unspecified atom stereocenters. The summed E-state index contributed by atoms with van der Waals surface area (Å²) in [7, 11) is 0. The second-order valence-corrected chi connectivity index (χ2v) is 6.64. The lowest BCUT2D eigenvalue weighted by Gasteiger charge is -2.36. The predicted molar refractivity (Wildman–Crippen MR) is 91.9 cm³/mol. The summed E-state index contributed by atoms with van der Waals surface area (Å²) >= 11 is 0. The highest BCUT2D eigenvalue weighted by Gasteiger charge is 2.32. The lowest BCUT2D eigenvalue weighted by Crippen LogP contribution is -2.50. The van der Waals surface area contributed by atoms with E-state index in [1.165, 1.54) is 6.07 Å². The molecule has 2 fully saturated rings. The number of amides is 3. The fraction of sp³-hybridized carbons (Fsp3) is 0.556. The summed E-state index contributed by atoms with van der Waals surface area (Å²) in [6, 6.07) is 4.33. The first-order chi connectivity index (χ1) is 12.0. The molecule has 1 aromatic rings. The Kier molecular flexibility index (Phi) is 5.53. The molecule has 0 aromatic heterocycles. The Bertz CT molecular complexity index is 646. The van der Waals surface area contributed by atoms with Crippen molar-refractivity contribution >= 4 is 17.6 Å². The van der Waals surface area contributed by atoms with Crippen LogP contribution in [0.15, 0.2) is 18.2 Å². The van der Waals surface area contributed by atoms with Crippen molar-refractivity contribution in [1.29, 1.82) is 0 Å². The third-order valence-electron chi connectivity index (χ3n) is 4.75. The maximum absolute atomic E-state index is 13.9. The standard InChI is InChI=1S/C18H24FN3O3/c1-13-4-5-16(15(19)11-13)20-18(24)22-6-2-3-14(12-22)17(23)21-7-9-25-10-8-21/h4-5,11,14H,2-3,6-10,12H2,1H3,(H,20,24)/t14-/m1/s1. The third kappa shape index (κ3) is 4.28. The van der Waals surface area contributed by atoms with Crippen molar-refractivity contribution in [2.24, 2.45) is 5.92 Å². The van der Waals surface area contributed by atoms with E-state index in [9.17, 15) is 14.0 Å². The summed E-state index contributed by atoms with van der Waals surface area (Å²) in [5, 5.41) is 2.61. The maximum Gasteiger partial charge on any atom is 0.321 e. The minimum absolute atomic E-state index is 0.0855. The van der Waals surface area contributed by atoms with Crippen molar-refractivity contribution in [3.05, 3.63) is 29.6 Å². The van der Waals surface area contributed by atoms with Gasteiger partial charge in [0.1, 0.15) is 5.82 Å². The highest BCUT2D eigenvalue weighted by atomic mass is 19.1. The Hall–Kier alpha value is -2.15. The van der Waals surface area contributed by atoms with Gasteiger partial charge in [0.05, 0.1) is 24.8 Å². The molecule has 2 aliphatic heterocycles. The highest BCUT2D eigenvalue weighted by molar-refractivity contribution is 5.90. The Balaban J connectivity index is 1.60. The number of halogens is 1. The molecule has 0 saturated carbocycles. The molecule has 7 heteroatoms. The smallest absolute Gasteiger partial charge is 0.321 e. The number of hydrogen-bond acceptors (Lipinski definition) is 3. The van der Waals surface area contributed by atoms with Crippen LogP contribution in [-0.2, 0) is 9.53 Å². The fourth-order valence-electron chi connectivity index (χ4n) is 3.32. The maximum atomic E-state index is 13.9. The lowest BCUT2D eigenvalue weighted by molar-refractivity contribution is -0.141. The number of anilines is 1. The van der Waals surface area contributed by atoms with Gasteiger partial charge in [0, 0.05) is 26.2 Å². The van der Waals surface area contributed by atoms with Crippen LogP contribution >= 0.6 is 0 Å². The second-order valence-electron chi connectivity index (χ2n) is 6.64. The van der Waals surface area contributed by atoms with Gasteiger partial charge in [0.2, 0.25) is 5.91 Å². The number of hydrogen-bond donors (Lipinski definition) is 1. The topological polar surface area (TPSA) is 61.9 Å². The first-order valence-corrected chi connectivity index (χ1v) is 8.73. The molecule has 0 spiro atoms. The molecule has 1 aromatic carbocycles. The van der Waals surface area contributed by atoms with Gasteiger partial charge in [0.15, 0.2) is 0 Å². The van der Waals surface area contributed by atoms with Gasteiger partial charge in [-0.15, -0.1) is 0 Å². The van der Waals surface area contributed by atoms with Gasteiger partial charge in [-0.3, -0.25) is 4.79 Å². The minimum atomic E-state index is -0.452. The van der Waals surface area contributed by atoms with Crippen LogP contribution in [0.25, 0.3) is 0 Å². The monoisotopic (exact) mass is 349 g/mol. The van der Waals surface area contributed by atoms with E-state index < -0.39 is 5.82 Å². The normalized spacial score (nSPS) is 21.1. The van der Waals surface area contributed by atoms with Gasteiger partial charge in [-0.05, 0) is 37.5 Å². The van der Waals surface area contributed by atoms with Crippen molar-refractivity contribution in [2.75, 3.05) is 44.7 Å². The first kappa shape index (κ1) is 17.7. The van der Waals surface area contributed by atoms with Gasteiger partial charge in [-0.2, -0.15) is 0 Å². The summed E-state index contributed by atoms with van der Waals surface area (Å²) in [5.74, 6) is -0.561. The summed E-state index contributed by atoms with van der Waals surface area (Å²) < 4.78 is 19.2. The Labute approximate surface area is 146 Å². The quantitative estimate of drug-likeness (QED) is 0.891. The molecule has 2 aliphatic rings. The van der Waals surface area contributed by atoms with Gasteiger partial charge in [0.25, 0.3) is 0 Å². The Morgan fingerprint density at radius 1 is 1.20 bits per heavy atom. The van der Waals surface area contributed by atoms with Crippen LogP contribution in [0, 0.1) is 18.7 Å². The van der Waals surface area contributed by atoms with E-state index in [1.54, 1.807) is 24.0 Å². The van der Waals surface area contributed by atoms with Crippen LogP contribution < -0.4 is 5.32 Å². The summed E-state index contributed by atoms with van der Waals surface area (Å²) in [5.41, 5.74) is 0.960. The van der Waals surface area contributed by atoms with Gasteiger partial charge < -0.3 is 19.9 Å². The molecule has 0 bridgehead atoms. The zero-order valence-corrected chi connectivity index (χ0v) is 14.5. The zero-order chi connectivity index (χ0) is 17.8. The molecule has 1 atom stereocenters. The van der Waals surface area contributed by atoms with Crippen LogP contribution in [0.4, 0.5) is 14.9 Å². The number of nitrogens with zero attached hydrogens (tertiary/aromatic N) is 2. The molecular weight excluding hydrogens is 325 g/mol. The highest BCUT2D eigenvalue weighted by Crippen LogP contribution is 2.21. The molecule has 25 heavy (non-hydrogen) atoms. The van der Waals surface area contributed by atoms with Crippen molar-refractivity contribution in [3.8, 4) is 0 Å². The Morgan fingerprint density at radius 2 is 1.96 bits per heavy atom. The van der Waals surface area contributed by atoms with E-state index >= 15 is 0 Å². The van der Waals surface area contributed by atoms with E-state index in [0.717, 1.165) is 18.4 Å². The number of likely N-dealkylation sites (tertiary alicyclic amines) is 1. The lowest BCUT2D eigenvalue weighted by atomic mass is 9.96. The number of piperidine rings is 1. The molecule has 2 saturated heterocycles. The molecule has 0 aliphatic carbocycles. The van der Waals surface area contributed by atoms with E-state index in [-0.39, 0.29) is 23.5 Å². The molecule has 136 valence electrons. The second kappa shape index (κ2) is 7.82. The zero-order valence-electron chi connectivity index (χ0n) is 14.5. The molecule has 0 radical (unpaired) electrons. The van der Waals surface area contributed by atoms with Crippen molar-refractivity contribution in [3.63, 3.8) is 0 Å². The van der Waals surface area contributed by atoms with Gasteiger partial charge >= 0.3 is 6.03 Å². The molecular formula is C18H24FN3O3. The number of urea groups is 1. The van der Waals surface area contributed by atoms with E-state index in [2.05, 4.69) is 5.32 Å². The summed E-state index contributed by atoms with van der Waals surface area (Å²) in [6.45, 7) is 5.08. The van der Waals surface area contributed by atoms with Crippen molar-refractivity contribution < 1.29 is 18.7 Å². The molecule has 6 nitrogen and oxygen atoms in total. The number of rotatable bonds is 2. The largest absolute Gasteiger partial charge is 0.378 e. The summed E-state index contributed by atoms with van der Waals surface area (Å²) in [4.78, 5) is 28.5. The van der Waals surface area contributed by atoms with Crippen molar-refractivity contribution in [2.45, 2.75) is 19.8 Å². The minimum Gasteiger partial charge on any atom is -0.378 e. The number of carbonyl (C=O) groups excluding carboxylic acids is 2. The van der Waals surface area contributed by atoms with Gasteiger partial charge in [-0.25, -0.2) is 9.18 Å². The average molecular weight is 349 g/mol. The number of nitrogens with one attached hydrogen (secondary N) is 1. The van der Waals surface area contributed by atoms with Crippen LogP contribution in [0.3, 0.4) is 0 Å². The van der Waals surface area contributed by atoms with Crippen LogP contribution in [0.1, 0.15) is 18.4 Å². The van der Waals surface area contributed by atoms with Crippen LogP contribution in [0.5, 0.6) is 0 Å². The van der Waals surface area contributed by atoms with E-state index in [0.29, 0.717) is 39.4 Å². The molecule has 3 rings (SSSR count). The number of morpholine rings is 1. The number of benzene rings is 1. The number of ether oxygens (including phenoxy) is 1. The first-order valence-electron chi connectivity index (χ1n) is 8.73. The van der Waals surface area contributed by atoms with Crippen molar-refractivity contribution in [1.82, 2.24) is 9.80 Å². The third-order valence-corrected chi connectivity index (χ3v) is 4.75. The Morgan fingerprint density at radius 3 is 2.68 bits per heavy atom. The van der Waals surface area contributed by atoms with E-state index in [4.69, 9.17) is 4.74 Å². The van der Waals surface area contributed by atoms with Gasteiger partial charge in [-0.1, -0.05) is 6.07 Å². The molecule has 2 heterocycles. The van der Waals surface area contributed by atoms with Crippen LogP contribution in [0.2, 0.25) is 0 Å². The predicted octanol–water partition coefficient (Wildman–Crippen LogP) is 2.24. The molecule has 1 N–H and O–H groups in total. The van der Waals surface area contributed by atoms with Crippen LogP contribution in [-0.4, -0.2) is 61.1 Å². The fourth-order valence-corrected chi connectivity index (χ4v) is 3.32. The number of aryl methyl sites for hydroxylation is 1. The SMILES string of the molecule is Cc1ccc(NC(=O)N2CCC[C@@H](C(=O)N3CCOCC3)C2)c(F)c1. The molecule has 3 amide bonds.